The second-order valence-electron chi connectivity index (χ2n) is 5.51. The van der Waals surface area contributed by atoms with Crippen molar-refractivity contribution in [2.45, 2.75) is 16.7 Å². The predicted molar refractivity (Wildman–Crippen MR) is 107 cm³/mol. The first kappa shape index (κ1) is 18.1. The third-order valence-electron chi connectivity index (χ3n) is 3.86. The van der Waals surface area contributed by atoms with Crippen LogP contribution in [0.25, 0.3) is 11.1 Å². The molecule has 0 N–H and O–H groups in total. The standard InChI is InChI=1S/C20H16FIO2S/c1-13-9-11-14(12-10-13)25(23)18-8-4-7-17(24-2)20(18)19-15(21)5-3-6-16(19)22/h3-12H,1-2H3. The number of benzene rings is 3. The second kappa shape index (κ2) is 7.66. The molecule has 25 heavy (non-hydrogen) atoms. The highest BCUT2D eigenvalue weighted by atomic mass is 127. The summed E-state index contributed by atoms with van der Waals surface area (Å²) in [5, 5.41) is 0. The van der Waals surface area contributed by atoms with E-state index in [2.05, 4.69) is 22.6 Å². The van der Waals surface area contributed by atoms with Crippen molar-refractivity contribution in [3.05, 3.63) is 75.6 Å². The van der Waals surface area contributed by atoms with Crippen LogP contribution in [0.15, 0.2) is 70.5 Å². The summed E-state index contributed by atoms with van der Waals surface area (Å²) in [5.41, 5.74) is 2.04. The van der Waals surface area contributed by atoms with E-state index in [-0.39, 0.29) is 5.82 Å². The number of rotatable bonds is 4. The Morgan fingerprint density at radius 2 is 1.64 bits per heavy atom. The predicted octanol–water partition coefficient (Wildman–Crippen LogP) is 5.58. The molecular weight excluding hydrogens is 450 g/mol. The van der Waals surface area contributed by atoms with E-state index in [0.29, 0.717) is 26.7 Å². The molecule has 3 aromatic rings. The minimum atomic E-state index is -1.45. The Labute approximate surface area is 162 Å². The summed E-state index contributed by atoms with van der Waals surface area (Å²) in [6.45, 7) is 1.98. The lowest BCUT2D eigenvalue weighted by molar-refractivity contribution is 0.415. The van der Waals surface area contributed by atoms with Crippen molar-refractivity contribution in [3.8, 4) is 16.9 Å². The van der Waals surface area contributed by atoms with Crippen LogP contribution in [0.4, 0.5) is 4.39 Å². The van der Waals surface area contributed by atoms with E-state index in [1.54, 1.807) is 24.3 Å². The minimum Gasteiger partial charge on any atom is -0.496 e. The lowest BCUT2D eigenvalue weighted by Gasteiger charge is -2.16. The first-order valence-corrected chi connectivity index (χ1v) is 9.85. The maximum Gasteiger partial charge on any atom is 0.132 e. The fourth-order valence-electron chi connectivity index (χ4n) is 2.61. The van der Waals surface area contributed by atoms with Gasteiger partial charge in [0.05, 0.1) is 22.8 Å². The molecule has 0 saturated carbocycles. The molecule has 3 rings (SSSR count). The van der Waals surface area contributed by atoms with E-state index in [0.717, 1.165) is 9.13 Å². The first-order chi connectivity index (χ1) is 12.0. The summed E-state index contributed by atoms with van der Waals surface area (Å²) in [6, 6.07) is 17.7. The summed E-state index contributed by atoms with van der Waals surface area (Å²) < 4.78 is 34.0. The highest BCUT2D eigenvalue weighted by Crippen LogP contribution is 2.40. The highest BCUT2D eigenvalue weighted by molar-refractivity contribution is 14.1. The van der Waals surface area contributed by atoms with Crippen LogP contribution in [-0.4, -0.2) is 11.3 Å². The van der Waals surface area contributed by atoms with Crippen molar-refractivity contribution < 1.29 is 13.3 Å². The van der Waals surface area contributed by atoms with Crippen LogP contribution in [0.3, 0.4) is 0 Å². The van der Waals surface area contributed by atoms with Crippen LogP contribution in [0, 0.1) is 16.3 Å². The fraction of sp³-hybridized carbons (Fsp3) is 0.100. The zero-order valence-electron chi connectivity index (χ0n) is 13.8. The monoisotopic (exact) mass is 466 g/mol. The number of aryl methyl sites for hydroxylation is 1. The van der Waals surface area contributed by atoms with Crippen LogP contribution in [0.2, 0.25) is 0 Å². The van der Waals surface area contributed by atoms with Crippen LogP contribution in [-0.2, 0) is 10.8 Å². The van der Waals surface area contributed by atoms with Gasteiger partial charge in [-0.1, -0.05) is 29.8 Å². The van der Waals surface area contributed by atoms with Crippen molar-refractivity contribution in [1.29, 1.82) is 0 Å². The summed E-state index contributed by atoms with van der Waals surface area (Å²) in [7, 11) is 0.0873. The maximum atomic E-state index is 14.6. The summed E-state index contributed by atoms with van der Waals surface area (Å²) >= 11 is 2.09. The normalized spacial score (nSPS) is 12.0. The van der Waals surface area contributed by atoms with Gasteiger partial charge in [-0.2, -0.15) is 0 Å². The number of hydrogen-bond acceptors (Lipinski definition) is 2. The molecule has 0 amide bonds. The van der Waals surface area contributed by atoms with Crippen molar-refractivity contribution in [1.82, 2.24) is 0 Å². The molecule has 0 aliphatic rings. The van der Waals surface area contributed by atoms with Crippen molar-refractivity contribution in [2.75, 3.05) is 7.11 Å². The van der Waals surface area contributed by atoms with Gasteiger partial charge in [0.2, 0.25) is 0 Å². The van der Waals surface area contributed by atoms with Gasteiger partial charge in [-0.3, -0.25) is 0 Å². The van der Waals surface area contributed by atoms with Gasteiger partial charge < -0.3 is 4.74 Å². The van der Waals surface area contributed by atoms with Gasteiger partial charge in [0.15, 0.2) is 0 Å². The number of ether oxygens (including phenoxy) is 1. The molecule has 0 bridgehead atoms. The zero-order valence-corrected chi connectivity index (χ0v) is 16.7. The summed E-state index contributed by atoms with van der Waals surface area (Å²) in [4.78, 5) is 1.21. The molecule has 3 aromatic carbocycles. The fourth-order valence-corrected chi connectivity index (χ4v) is 4.57. The topological polar surface area (TPSA) is 26.3 Å². The third kappa shape index (κ3) is 3.62. The number of hydrogen-bond donors (Lipinski definition) is 0. The Balaban J connectivity index is 2.25. The van der Waals surface area contributed by atoms with E-state index in [1.165, 1.54) is 13.2 Å². The Morgan fingerprint density at radius 3 is 2.28 bits per heavy atom. The summed E-state index contributed by atoms with van der Waals surface area (Å²) in [5.74, 6) is 0.138. The Morgan fingerprint density at radius 1 is 0.960 bits per heavy atom. The molecule has 0 spiro atoms. The number of methoxy groups -OCH3 is 1. The van der Waals surface area contributed by atoms with Gasteiger partial charge in [-0.25, -0.2) is 8.60 Å². The average molecular weight is 466 g/mol. The Bertz CT molecular complexity index is 919. The van der Waals surface area contributed by atoms with Gasteiger partial charge in [-0.15, -0.1) is 0 Å². The molecule has 0 heterocycles. The minimum absolute atomic E-state index is 0.362. The van der Waals surface area contributed by atoms with Crippen LogP contribution in [0.5, 0.6) is 5.75 Å². The molecule has 1 atom stereocenters. The molecule has 0 aromatic heterocycles. The average Bonchev–Trinajstić information content (AvgIpc) is 2.61. The number of halogens is 2. The second-order valence-corrected chi connectivity index (χ2v) is 8.12. The quantitative estimate of drug-likeness (QED) is 0.470. The van der Waals surface area contributed by atoms with E-state index in [9.17, 15) is 8.60 Å². The molecule has 2 nitrogen and oxygen atoms in total. The maximum absolute atomic E-state index is 14.6. The zero-order chi connectivity index (χ0) is 18.0. The Hall–Kier alpha value is -1.73. The van der Waals surface area contributed by atoms with Gasteiger partial charge in [0, 0.05) is 19.6 Å². The van der Waals surface area contributed by atoms with Crippen LogP contribution < -0.4 is 4.74 Å². The van der Waals surface area contributed by atoms with Crippen LogP contribution in [0.1, 0.15) is 5.56 Å². The lowest BCUT2D eigenvalue weighted by Crippen LogP contribution is -2.01. The molecule has 0 radical (unpaired) electrons. The van der Waals surface area contributed by atoms with Gasteiger partial charge in [0.1, 0.15) is 11.6 Å². The third-order valence-corrected chi connectivity index (χ3v) is 6.19. The lowest BCUT2D eigenvalue weighted by atomic mass is 10.0. The highest BCUT2D eigenvalue weighted by Gasteiger charge is 2.22. The molecule has 5 heteroatoms. The van der Waals surface area contributed by atoms with Crippen molar-refractivity contribution in [3.63, 3.8) is 0 Å². The Kier molecular flexibility index (Phi) is 5.54. The van der Waals surface area contributed by atoms with E-state index >= 15 is 0 Å². The molecule has 1 unspecified atom stereocenters. The molecule has 0 aliphatic heterocycles. The smallest absolute Gasteiger partial charge is 0.132 e. The SMILES string of the molecule is COc1cccc(S(=O)c2ccc(C)cc2)c1-c1c(F)cccc1I. The molecular formula is C20H16FIO2S. The summed E-state index contributed by atoms with van der Waals surface area (Å²) in [6.07, 6.45) is 0. The van der Waals surface area contributed by atoms with Gasteiger partial charge in [0.25, 0.3) is 0 Å². The molecule has 0 fully saturated rings. The van der Waals surface area contributed by atoms with Crippen molar-refractivity contribution in [2.24, 2.45) is 0 Å². The largest absolute Gasteiger partial charge is 0.496 e. The van der Waals surface area contributed by atoms with Gasteiger partial charge in [-0.05, 0) is 65.9 Å². The van der Waals surface area contributed by atoms with E-state index < -0.39 is 10.8 Å². The molecule has 0 aliphatic carbocycles. The molecule has 0 saturated heterocycles. The first-order valence-electron chi connectivity index (χ1n) is 7.62. The van der Waals surface area contributed by atoms with Gasteiger partial charge >= 0.3 is 0 Å². The van der Waals surface area contributed by atoms with Crippen LogP contribution >= 0.6 is 22.6 Å². The molecule has 128 valence electrons. The van der Waals surface area contributed by atoms with E-state index in [4.69, 9.17) is 4.74 Å². The van der Waals surface area contributed by atoms with Crippen molar-refractivity contribution >= 4 is 33.4 Å². The van der Waals surface area contributed by atoms with E-state index in [1.807, 2.05) is 37.3 Å².